The summed E-state index contributed by atoms with van der Waals surface area (Å²) in [7, 11) is 0. The Labute approximate surface area is 105 Å². The number of azide groups is 1. The number of nitrogens with one attached hydrogen (secondary N) is 1. The number of benzene rings is 1. The summed E-state index contributed by atoms with van der Waals surface area (Å²) in [5.74, 6) is 0. The van der Waals surface area contributed by atoms with E-state index in [1.165, 1.54) is 0 Å². The fourth-order valence-electron chi connectivity index (χ4n) is 1.98. The minimum absolute atomic E-state index is 0.0239. The van der Waals surface area contributed by atoms with Gasteiger partial charge >= 0.3 is 6.03 Å². The van der Waals surface area contributed by atoms with E-state index in [1.54, 1.807) is 4.90 Å². The molecule has 1 aromatic carbocycles. The zero-order valence-electron chi connectivity index (χ0n) is 9.99. The largest absolute Gasteiger partial charge is 0.325 e. The number of likely N-dealkylation sites (tertiary alicyclic amines) is 1. The number of amides is 2. The number of hydrogen-bond donors (Lipinski definition) is 1. The summed E-state index contributed by atoms with van der Waals surface area (Å²) in [6.45, 7) is 1.25. The number of carbonyl (C=O) groups is 1. The third kappa shape index (κ3) is 3.15. The lowest BCUT2D eigenvalue weighted by Crippen LogP contribution is -2.41. The van der Waals surface area contributed by atoms with Crippen LogP contribution in [0.2, 0.25) is 0 Å². The molecule has 0 bridgehead atoms. The first kappa shape index (κ1) is 12.3. The Morgan fingerprint density at radius 1 is 1.33 bits per heavy atom. The first-order chi connectivity index (χ1) is 8.79. The molecule has 0 aliphatic carbocycles. The lowest BCUT2D eigenvalue weighted by molar-refractivity contribution is 0.195. The van der Waals surface area contributed by atoms with E-state index in [9.17, 15) is 4.79 Å². The zero-order valence-corrected chi connectivity index (χ0v) is 9.99. The van der Waals surface area contributed by atoms with E-state index in [-0.39, 0.29) is 12.1 Å². The second-order valence-electron chi connectivity index (χ2n) is 4.22. The molecular weight excluding hydrogens is 230 g/mol. The molecule has 1 saturated heterocycles. The second kappa shape index (κ2) is 5.93. The van der Waals surface area contributed by atoms with Crippen LogP contribution in [0.4, 0.5) is 10.5 Å². The van der Waals surface area contributed by atoms with Gasteiger partial charge in [-0.15, -0.1) is 0 Å². The molecule has 0 radical (unpaired) electrons. The number of rotatable bonds is 2. The Bertz CT molecular complexity index is 447. The van der Waals surface area contributed by atoms with E-state index >= 15 is 0 Å². The summed E-state index contributed by atoms with van der Waals surface area (Å²) in [6, 6.07) is 9.29. The van der Waals surface area contributed by atoms with E-state index < -0.39 is 0 Å². The molecule has 0 saturated carbocycles. The van der Waals surface area contributed by atoms with Crippen LogP contribution in [0, 0.1) is 0 Å². The van der Waals surface area contributed by atoms with Crippen molar-refractivity contribution in [1.29, 1.82) is 0 Å². The van der Waals surface area contributed by atoms with Crippen LogP contribution in [-0.4, -0.2) is 30.1 Å². The van der Waals surface area contributed by atoms with E-state index in [1.807, 2.05) is 30.3 Å². The molecule has 1 heterocycles. The Hall–Kier alpha value is -2.20. The zero-order chi connectivity index (χ0) is 12.8. The quantitative estimate of drug-likeness (QED) is 0.485. The van der Waals surface area contributed by atoms with Crippen LogP contribution >= 0.6 is 0 Å². The minimum Gasteiger partial charge on any atom is -0.325 e. The van der Waals surface area contributed by atoms with E-state index in [4.69, 9.17) is 5.53 Å². The predicted molar refractivity (Wildman–Crippen MR) is 69.2 cm³/mol. The highest BCUT2D eigenvalue weighted by Crippen LogP contribution is 2.15. The molecule has 1 aliphatic rings. The summed E-state index contributed by atoms with van der Waals surface area (Å²) < 4.78 is 0. The molecule has 2 rings (SSSR count). The molecule has 0 atom stereocenters. The maximum atomic E-state index is 11.9. The topological polar surface area (TPSA) is 81.1 Å². The van der Waals surface area contributed by atoms with Gasteiger partial charge in [0.1, 0.15) is 0 Å². The van der Waals surface area contributed by atoms with Crippen LogP contribution in [-0.2, 0) is 0 Å². The summed E-state index contributed by atoms with van der Waals surface area (Å²) in [5.41, 5.74) is 9.15. The van der Waals surface area contributed by atoms with Gasteiger partial charge in [0.2, 0.25) is 0 Å². The highest BCUT2D eigenvalue weighted by molar-refractivity contribution is 5.89. The number of para-hydroxylation sites is 1. The van der Waals surface area contributed by atoms with Crippen molar-refractivity contribution in [2.75, 3.05) is 18.4 Å². The number of anilines is 1. The molecule has 2 amide bonds. The van der Waals surface area contributed by atoms with Gasteiger partial charge in [0.05, 0.1) is 0 Å². The van der Waals surface area contributed by atoms with Crippen molar-refractivity contribution in [3.05, 3.63) is 40.8 Å². The van der Waals surface area contributed by atoms with Gasteiger partial charge in [-0.1, -0.05) is 23.3 Å². The van der Waals surface area contributed by atoms with Gasteiger partial charge in [-0.3, -0.25) is 0 Å². The SMILES string of the molecule is [N-]=[N+]=NC1CCN(C(=O)Nc2ccccc2)CC1. The molecule has 1 fully saturated rings. The van der Waals surface area contributed by atoms with E-state index in [0.717, 1.165) is 18.5 Å². The third-order valence-electron chi connectivity index (χ3n) is 2.99. The van der Waals surface area contributed by atoms with Crippen LogP contribution in [0.1, 0.15) is 12.8 Å². The summed E-state index contributed by atoms with van der Waals surface area (Å²) in [5, 5.41) is 6.53. The molecule has 18 heavy (non-hydrogen) atoms. The Morgan fingerprint density at radius 3 is 2.61 bits per heavy atom. The maximum Gasteiger partial charge on any atom is 0.321 e. The van der Waals surface area contributed by atoms with Crippen LogP contribution in [0.25, 0.3) is 10.4 Å². The molecular formula is C12H15N5O. The molecule has 6 nitrogen and oxygen atoms in total. The van der Waals surface area contributed by atoms with Crippen molar-refractivity contribution in [2.24, 2.45) is 5.11 Å². The Kier molecular flexibility index (Phi) is 4.04. The van der Waals surface area contributed by atoms with Gasteiger partial charge in [0, 0.05) is 29.7 Å². The molecule has 0 spiro atoms. The highest BCUT2D eigenvalue weighted by atomic mass is 16.2. The van der Waals surface area contributed by atoms with Crippen molar-refractivity contribution in [1.82, 2.24) is 4.90 Å². The number of urea groups is 1. The monoisotopic (exact) mass is 245 g/mol. The molecule has 1 aliphatic heterocycles. The molecule has 0 unspecified atom stereocenters. The fraction of sp³-hybridized carbons (Fsp3) is 0.417. The predicted octanol–water partition coefficient (Wildman–Crippen LogP) is 2.99. The average Bonchev–Trinajstić information content (AvgIpc) is 2.41. The number of piperidine rings is 1. The van der Waals surface area contributed by atoms with Crippen molar-refractivity contribution in [3.63, 3.8) is 0 Å². The Morgan fingerprint density at radius 2 is 2.00 bits per heavy atom. The maximum absolute atomic E-state index is 11.9. The van der Waals surface area contributed by atoms with Crippen molar-refractivity contribution >= 4 is 11.7 Å². The first-order valence-electron chi connectivity index (χ1n) is 5.95. The Balaban J connectivity index is 1.86. The van der Waals surface area contributed by atoms with Gasteiger partial charge in [0.25, 0.3) is 0 Å². The molecule has 0 aromatic heterocycles. The fourth-order valence-corrected chi connectivity index (χ4v) is 1.98. The van der Waals surface area contributed by atoms with E-state index in [2.05, 4.69) is 15.3 Å². The standard InChI is InChI=1S/C12H15N5O/c13-16-15-11-6-8-17(9-7-11)12(18)14-10-4-2-1-3-5-10/h1-5,11H,6-9H2,(H,14,18). The second-order valence-corrected chi connectivity index (χ2v) is 4.22. The number of nitrogens with zero attached hydrogens (tertiary/aromatic N) is 4. The molecule has 1 aromatic rings. The molecule has 94 valence electrons. The summed E-state index contributed by atoms with van der Waals surface area (Å²) in [6.07, 6.45) is 1.46. The lowest BCUT2D eigenvalue weighted by Gasteiger charge is -2.29. The smallest absolute Gasteiger partial charge is 0.321 e. The first-order valence-corrected chi connectivity index (χ1v) is 5.95. The summed E-state index contributed by atoms with van der Waals surface area (Å²) in [4.78, 5) is 16.5. The van der Waals surface area contributed by atoms with Crippen LogP contribution in [0.15, 0.2) is 35.4 Å². The number of carbonyl (C=O) groups excluding carboxylic acids is 1. The van der Waals surface area contributed by atoms with Gasteiger partial charge in [-0.2, -0.15) is 0 Å². The van der Waals surface area contributed by atoms with Crippen molar-refractivity contribution in [3.8, 4) is 0 Å². The minimum atomic E-state index is -0.0967. The van der Waals surface area contributed by atoms with Crippen LogP contribution < -0.4 is 5.32 Å². The van der Waals surface area contributed by atoms with E-state index in [0.29, 0.717) is 13.1 Å². The van der Waals surface area contributed by atoms with Crippen LogP contribution in [0.3, 0.4) is 0 Å². The van der Waals surface area contributed by atoms with Crippen molar-refractivity contribution < 1.29 is 4.79 Å². The third-order valence-corrected chi connectivity index (χ3v) is 2.99. The van der Waals surface area contributed by atoms with Gasteiger partial charge in [-0.05, 0) is 30.5 Å². The average molecular weight is 245 g/mol. The van der Waals surface area contributed by atoms with Crippen molar-refractivity contribution in [2.45, 2.75) is 18.9 Å². The van der Waals surface area contributed by atoms with Gasteiger partial charge in [0.15, 0.2) is 0 Å². The van der Waals surface area contributed by atoms with Crippen LogP contribution in [0.5, 0.6) is 0 Å². The normalized spacial score (nSPS) is 15.9. The van der Waals surface area contributed by atoms with Gasteiger partial charge in [-0.25, -0.2) is 4.79 Å². The van der Waals surface area contributed by atoms with Gasteiger partial charge < -0.3 is 10.2 Å². The molecule has 1 N–H and O–H groups in total. The molecule has 6 heteroatoms. The highest BCUT2D eigenvalue weighted by Gasteiger charge is 2.21. The summed E-state index contributed by atoms with van der Waals surface area (Å²) >= 11 is 0. The number of hydrogen-bond acceptors (Lipinski definition) is 2. The lowest BCUT2D eigenvalue weighted by atomic mass is 10.1.